The number of fused-ring (bicyclic) bond motifs is 2. The number of furan rings is 1. The van der Waals surface area contributed by atoms with Crippen LogP contribution in [0.4, 0.5) is 0 Å². The summed E-state index contributed by atoms with van der Waals surface area (Å²) in [7, 11) is 0. The van der Waals surface area contributed by atoms with Gasteiger partial charge in [-0.1, -0.05) is 42.1 Å². The molecule has 1 saturated carbocycles. The van der Waals surface area contributed by atoms with Gasteiger partial charge >= 0.3 is 0 Å². The zero-order valence-electron chi connectivity index (χ0n) is 18.7. The van der Waals surface area contributed by atoms with E-state index in [2.05, 4.69) is 4.98 Å². The van der Waals surface area contributed by atoms with Gasteiger partial charge in [-0.2, -0.15) is 0 Å². The average molecular weight is 494 g/mol. The lowest BCUT2D eigenvalue weighted by atomic mass is 9.77. The molecule has 0 unspecified atom stereocenters. The van der Waals surface area contributed by atoms with Gasteiger partial charge in [0, 0.05) is 33.7 Å². The van der Waals surface area contributed by atoms with E-state index < -0.39 is 0 Å². The Bertz CT molecular complexity index is 1370. The van der Waals surface area contributed by atoms with Gasteiger partial charge in [0.1, 0.15) is 11.3 Å². The zero-order valence-corrected chi connectivity index (χ0v) is 20.2. The molecular formula is C28H25Cl2NO3. The SMILES string of the molecule is O=C(CC1CCC(CCC(=O)c2cc3cc(Cl)ccc3o2)CC1)c1ccc2cc(Cl)ccc2n1. The van der Waals surface area contributed by atoms with Crippen LogP contribution in [0.2, 0.25) is 10.0 Å². The predicted octanol–water partition coefficient (Wildman–Crippen LogP) is 8.33. The van der Waals surface area contributed by atoms with Gasteiger partial charge in [-0.05, 0) is 79.6 Å². The maximum Gasteiger partial charge on any atom is 0.198 e. The van der Waals surface area contributed by atoms with Crippen LogP contribution in [0.3, 0.4) is 0 Å². The van der Waals surface area contributed by atoms with Crippen LogP contribution >= 0.6 is 23.2 Å². The molecule has 0 atom stereocenters. The van der Waals surface area contributed by atoms with Crippen molar-refractivity contribution in [1.29, 1.82) is 0 Å². The van der Waals surface area contributed by atoms with Crippen molar-refractivity contribution in [2.45, 2.75) is 44.9 Å². The molecule has 2 aromatic carbocycles. The summed E-state index contributed by atoms with van der Waals surface area (Å²) < 4.78 is 5.70. The molecule has 1 fully saturated rings. The summed E-state index contributed by atoms with van der Waals surface area (Å²) >= 11 is 12.1. The Balaban J connectivity index is 1.11. The highest BCUT2D eigenvalue weighted by Gasteiger charge is 2.25. The number of aromatic nitrogens is 1. The monoisotopic (exact) mass is 493 g/mol. The zero-order chi connectivity index (χ0) is 23.7. The van der Waals surface area contributed by atoms with Crippen LogP contribution in [-0.2, 0) is 0 Å². The first-order valence-electron chi connectivity index (χ1n) is 11.8. The van der Waals surface area contributed by atoms with Gasteiger partial charge in [0.15, 0.2) is 17.3 Å². The third-order valence-electron chi connectivity index (χ3n) is 6.91. The van der Waals surface area contributed by atoms with Crippen LogP contribution in [0.1, 0.15) is 66.0 Å². The van der Waals surface area contributed by atoms with Crippen molar-refractivity contribution in [1.82, 2.24) is 4.98 Å². The molecule has 1 aliphatic carbocycles. The second-order valence-electron chi connectivity index (χ2n) is 9.30. The molecule has 0 bridgehead atoms. The number of nitrogens with zero attached hydrogens (tertiary/aromatic N) is 1. The first kappa shape index (κ1) is 23.1. The third kappa shape index (κ3) is 5.18. The maximum absolute atomic E-state index is 12.8. The Morgan fingerprint density at radius 3 is 2.32 bits per heavy atom. The Labute approximate surface area is 208 Å². The molecule has 2 heterocycles. The minimum Gasteiger partial charge on any atom is -0.453 e. The van der Waals surface area contributed by atoms with Gasteiger partial charge in [-0.3, -0.25) is 9.59 Å². The lowest BCUT2D eigenvalue weighted by Gasteiger charge is -2.27. The molecule has 5 rings (SSSR count). The minimum absolute atomic E-state index is 0.0355. The van der Waals surface area contributed by atoms with Gasteiger partial charge in [0.25, 0.3) is 0 Å². The molecule has 0 radical (unpaired) electrons. The molecule has 0 amide bonds. The number of benzene rings is 2. The van der Waals surface area contributed by atoms with Gasteiger partial charge in [0.2, 0.25) is 0 Å². The van der Waals surface area contributed by atoms with Gasteiger partial charge < -0.3 is 4.42 Å². The number of halogens is 2. The van der Waals surface area contributed by atoms with Gasteiger partial charge in [0.05, 0.1) is 5.52 Å². The van der Waals surface area contributed by atoms with E-state index in [0.29, 0.717) is 51.8 Å². The highest BCUT2D eigenvalue weighted by molar-refractivity contribution is 6.31. The predicted molar refractivity (Wildman–Crippen MR) is 136 cm³/mol. The van der Waals surface area contributed by atoms with Crippen LogP contribution in [0, 0.1) is 11.8 Å². The second-order valence-corrected chi connectivity index (χ2v) is 10.2. The van der Waals surface area contributed by atoms with Crippen molar-refractivity contribution in [2.75, 3.05) is 0 Å². The van der Waals surface area contributed by atoms with E-state index in [1.54, 1.807) is 30.3 Å². The van der Waals surface area contributed by atoms with Crippen molar-refractivity contribution in [3.8, 4) is 0 Å². The van der Waals surface area contributed by atoms with Gasteiger partial charge in [-0.25, -0.2) is 4.98 Å². The fraction of sp³-hybridized carbons (Fsp3) is 0.321. The molecule has 0 N–H and O–H groups in total. The summed E-state index contributed by atoms with van der Waals surface area (Å²) in [6.07, 6.45) is 5.97. The van der Waals surface area contributed by atoms with Crippen molar-refractivity contribution in [2.24, 2.45) is 11.8 Å². The van der Waals surface area contributed by atoms with Crippen LogP contribution < -0.4 is 0 Å². The molecule has 34 heavy (non-hydrogen) atoms. The van der Waals surface area contributed by atoms with Crippen molar-refractivity contribution >= 4 is 56.6 Å². The van der Waals surface area contributed by atoms with Crippen LogP contribution in [0.25, 0.3) is 21.9 Å². The number of hydrogen-bond donors (Lipinski definition) is 0. The third-order valence-corrected chi connectivity index (χ3v) is 7.38. The molecule has 0 aliphatic heterocycles. The number of hydrogen-bond acceptors (Lipinski definition) is 4. The molecule has 4 nitrogen and oxygen atoms in total. The minimum atomic E-state index is 0.0355. The van der Waals surface area contributed by atoms with Crippen LogP contribution in [-0.4, -0.2) is 16.6 Å². The van der Waals surface area contributed by atoms with E-state index in [0.717, 1.165) is 48.4 Å². The number of carbonyl (C=O) groups is 2. The summed E-state index contributed by atoms with van der Waals surface area (Å²) in [6.45, 7) is 0. The smallest absolute Gasteiger partial charge is 0.198 e. The van der Waals surface area contributed by atoms with Crippen molar-refractivity contribution in [3.05, 3.63) is 76.1 Å². The van der Waals surface area contributed by atoms with Crippen LogP contribution in [0.15, 0.2) is 59.0 Å². The summed E-state index contributed by atoms with van der Waals surface area (Å²) in [5.41, 5.74) is 1.99. The average Bonchev–Trinajstić information content (AvgIpc) is 3.26. The number of Topliss-reactive ketones (excluding diaryl/α,β-unsaturated/α-hetero) is 2. The van der Waals surface area contributed by atoms with Crippen LogP contribution in [0.5, 0.6) is 0 Å². The molecule has 6 heteroatoms. The maximum atomic E-state index is 12.8. The molecule has 0 saturated heterocycles. The van der Waals surface area contributed by atoms with E-state index in [1.165, 1.54) is 0 Å². The Hall–Kier alpha value is -2.69. The Morgan fingerprint density at radius 1 is 0.824 bits per heavy atom. The summed E-state index contributed by atoms with van der Waals surface area (Å²) in [5, 5.41) is 3.08. The van der Waals surface area contributed by atoms with Crippen molar-refractivity contribution < 1.29 is 14.0 Å². The van der Waals surface area contributed by atoms with Crippen molar-refractivity contribution in [3.63, 3.8) is 0 Å². The Morgan fingerprint density at radius 2 is 1.53 bits per heavy atom. The number of ketones is 2. The molecular weight excluding hydrogens is 469 g/mol. The van der Waals surface area contributed by atoms with E-state index in [1.807, 2.05) is 24.3 Å². The quantitative estimate of drug-likeness (QED) is 0.242. The summed E-state index contributed by atoms with van der Waals surface area (Å²) in [4.78, 5) is 30.0. The molecule has 174 valence electrons. The van der Waals surface area contributed by atoms with E-state index in [9.17, 15) is 9.59 Å². The fourth-order valence-corrected chi connectivity index (χ4v) is 5.31. The van der Waals surface area contributed by atoms with E-state index in [4.69, 9.17) is 27.6 Å². The second kappa shape index (κ2) is 9.89. The largest absolute Gasteiger partial charge is 0.453 e. The highest BCUT2D eigenvalue weighted by atomic mass is 35.5. The summed E-state index contributed by atoms with van der Waals surface area (Å²) in [6, 6.07) is 16.3. The highest BCUT2D eigenvalue weighted by Crippen LogP contribution is 2.34. The number of carbonyl (C=O) groups excluding carboxylic acids is 2. The molecule has 2 aromatic heterocycles. The topological polar surface area (TPSA) is 60.2 Å². The number of rotatable bonds is 7. The molecule has 4 aromatic rings. The fourth-order valence-electron chi connectivity index (χ4n) is 4.95. The molecule has 1 aliphatic rings. The number of pyridine rings is 1. The lowest BCUT2D eigenvalue weighted by Crippen LogP contribution is -2.18. The van der Waals surface area contributed by atoms with E-state index >= 15 is 0 Å². The lowest BCUT2D eigenvalue weighted by molar-refractivity contribution is 0.0929. The summed E-state index contributed by atoms with van der Waals surface area (Å²) in [5.74, 6) is 1.43. The van der Waals surface area contributed by atoms with Gasteiger partial charge in [-0.15, -0.1) is 0 Å². The first-order chi connectivity index (χ1) is 16.4. The molecule has 0 spiro atoms. The first-order valence-corrected chi connectivity index (χ1v) is 12.5. The normalized spacial score (nSPS) is 18.4. The standard InChI is InChI=1S/C28H25Cl2NO3/c29-21-7-10-23-19(14-21)6-9-24(31-23)26(33)13-18-3-1-17(2-4-18)5-11-25(32)28-16-20-15-22(30)8-12-27(20)34-28/h6-10,12,14-18H,1-5,11,13H2. The Kier molecular flexibility index (Phi) is 6.71. The van der Waals surface area contributed by atoms with E-state index in [-0.39, 0.29) is 11.6 Å².